The van der Waals surface area contributed by atoms with E-state index in [4.69, 9.17) is 10.2 Å². The Balaban J connectivity index is 2.40. The highest BCUT2D eigenvalue weighted by atomic mass is 16.4. The maximum Gasteiger partial charge on any atom is 0.328 e. The van der Waals surface area contributed by atoms with Gasteiger partial charge in [-0.25, -0.2) is 9.59 Å². The number of carboxylic acid groups (broad SMARTS) is 1. The van der Waals surface area contributed by atoms with Crippen molar-refractivity contribution in [2.75, 3.05) is 19.7 Å². The molecule has 3 amide bonds. The predicted molar refractivity (Wildman–Crippen MR) is 65.5 cm³/mol. The molecule has 1 unspecified atom stereocenters. The maximum atomic E-state index is 11.8. The van der Waals surface area contributed by atoms with E-state index >= 15 is 0 Å². The van der Waals surface area contributed by atoms with Crippen LogP contribution in [-0.2, 0) is 9.59 Å². The second kappa shape index (κ2) is 6.93. The summed E-state index contributed by atoms with van der Waals surface area (Å²) in [5.74, 6) is -1.38. The first-order valence-electron chi connectivity index (χ1n) is 6.10. The van der Waals surface area contributed by atoms with Crippen molar-refractivity contribution in [3.05, 3.63) is 0 Å². The summed E-state index contributed by atoms with van der Waals surface area (Å²) in [7, 11) is 0. The Bertz CT molecular complexity index is 352. The lowest BCUT2D eigenvalue weighted by Gasteiger charge is -2.32. The topological polar surface area (TPSA) is 119 Å². The Morgan fingerprint density at radius 2 is 1.89 bits per heavy atom. The van der Waals surface area contributed by atoms with E-state index in [2.05, 4.69) is 10.6 Å². The van der Waals surface area contributed by atoms with Gasteiger partial charge in [0.1, 0.15) is 0 Å². The molecular formula is C11H19N3O5. The fourth-order valence-electron chi connectivity index (χ4n) is 1.94. The number of rotatable bonds is 4. The molecule has 0 aliphatic carbocycles. The van der Waals surface area contributed by atoms with Gasteiger partial charge < -0.3 is 25.7 Å². The number of carbonyl (C=O) groups excluding carboxylic acids is 2. The highest BCUT2D eigenvalue weighted by molar-refractivity contribution is 5.82. The van der Waals surface area contributed by atoms with Crippen molar-refractivity contribution >= 4 is 17.9 Å². The van der Waals surface area contributed by atoms with Crippen LogP contribution in [-0.4, -0.2) is 64.8 Å². The Labute approximate surface area is 110 Å². The van der Waals surface area contributed by atoms with Crippen LogP contribution in [0.25, 0.3) is 0 Å². The summed E-state index contributed by atoms with van der Waals surface area (Å²) in [6.07, 6.45) is 1.26. The van der Waals surface area contributed by atoms with Crippen LogP contribution in [0.15, 0.2) is 0 Å². The summed E-state index contributed by atoms with van der Waals surface area (Å²) in [6.45, 7) is 1.67. The number of carboxylic acids is 1. The fourth-order valence-corrected chi connectivity index (χ4v) is 1.94. The van der Waals surface area contributed by atoms with E-state index < -0.39 is 24.6 Å². The van der Waals surface area contributed by atoms with Crippen molar-refractivity contribution in [2.24, 2.45) is 0 Å². The number of hydrogen-bond acceptors (Lipinski definition) is 4. The molecular weight excluding hydrogens is 254 g/mol. The molecule has 19 heavy (non-hydrogen) atoms. The first kappa shape index (κ1) is 15.2. The molecule has 0 radical (unpaired) electrons. The molecule has 1 heterocycles. The number of aliphatic hydroxyl groups excluding tert-OH is 1. The quantitative estimate of drug-likeness (QED) is 0.510. The number of likely N-dealkylation sites (tertiary alicyclic amines) is 1. The van der Waals surface area contributed by atoms with Crippen molar-refractivity contribution in [3.8, 4) is 0 Å². The molecule has 8 nitrogen and oxygen atoms in total. The average molecular weight is 273 g/mol. The van der Waals surface area contributed by atoms with E-state index in [9.17, 15) is 14.4 Å². The number of hydrogen-bond donors (Lipinski definition) is 4. The van der Waals surface area contributed by atoms with E-state index in [1.807, 2.05) is 0 Å². The van der Waals surface area contributed by atoms with Crippen LogP contribution in [0, 0.1) is 0 Å². The number of amides is 3. The zero-order valence-corrected chi connectivity index (χ0v) is 10.8. The summed E-state index contributed by atoms with van der Waals surface area (Å²) in [4.78, 5) is 34.8. The number of urea groups is 1. The molecule has 0 saturated carbocycles. The number of nitrogens with zero attached hydrogens (tertiary/aromatic N) is 1. The third-order valence-electron chi connectivity index (χ3n) is 2.97. The van der Waals surface area contributed by atoms with Crippen LogP contribution in [0.4, 0.5) is 4.79 Å². The molecule has 1 aliphatic heterocycles. The van der Waals surface area contributed by atoms with Gasteiger partial charge >= 0.3 is 12.0 Å². The second-order valence-electron chi connectivity index (χ2n) is 4.48. The lowest BCUT2D eigenvalue weighted by Crippen LogP contribution is -2.53. The summed E-state index contributed by atoms with van der Waals surface area (Å²) in [5, 5.41) is 22.6. The van der Waals surface area contributed by atoms with Crippen molar-refractivity contribution in [3.63, 3.8) is 0 Å². The minimum Gasteiger partial charge on any atom is -0.480 e. The van der Waals surface area contributed by atoms with Gasteiger partial charge in [0.15, 0.2) is 6.04 Å². The summed E-state index contributed by atoms with van der Waals surface area (Å²) in [6, 6.07) is -1.75. The highest BCUT2D eigenvalue weighted by Crippen LogP contribution is 2.10. The second-order valence-corrected chi connectivity index (χ2v) is 4.48. The Hall–Kier alpha value is -1.83. The van der Waals surface area contributed by atoms with Gasteiger partial charge in [-0.05, 0) is 12.8 Å². The Morgan fingerprint density at radius 1 is 1.32 bits per heavy atom. The minimum atomic E-state index is -1.29. The summed E-state index contributed by atoms with van der Waals surface area (Å²) < 4.78 is 0. The summed E-state index contributed by atoms with van der Waals surface area (Å²) >= 11 is 0. The molecule has 1 aliphatic rings. The van der Waals surface area contributed by atoms with E-state index in [0.717, 1.165) is 0 Å². The largest absolute Gasteiger partial charge is 0.480 e. The Kier molecular flexibility index (Phi) is 5.56. The van der Waals surface area contributed by atoms with E-state index in [0.29, 0.717) is 25.9 Å². The van der Waals surface area contributed by atoms with E-state index in [1.165, 1.54) is 11.8 Å². The highest BCUT2D eigenvalue weighted by Gasteiger charge is 2.26. The zero-order chi connectivity index (χ0) is 14.4. The molecule has 0 spiro atoms. The number of carbonyl (C=O) groups is 3. The van der Waals surface area contributed by atoms with Crippen LogP contribution >= 0.6 is 0 Å². The van der Waals surface area contributed by atoms with Crippen LogP contribution in [0.2, 0.25) is 0 Å². The lowest BCUT2D eigenvalue weighted by molar-refractivity contribution is -0.140. The molecule has 8 heteroatoms. The van der Waals surface area contributed by atoms with Gasteiger partial charge in [-0.3, -0.25) is 4.79 Å². The fraction of sp³-hybridized carbons (Fsp3) is 0.727. The predicted octanol–water partition coefficient (Wildman–Crippen LogP) is -1.26. The molecule has 1 saturated heterocycles. The first-order chi connectivity index (χ1) is 8.93. The van der Waals surface area contributed by atoms with Crippen LogP contribution in [0.5, 0.6) is 0 Å². The third kappa shape index (κ3) is 4.74. The molecule has 0 aromatic rings. The normalized spacial score (nSPS) is 17.7. The minimum absolute atomic E-state index is 0.0506. The number of aliphatic hydroxyl groups is 1. The Morgan fingerprint density at radius 3 is 2.32 bits per heavy atom. The van der Waals surface area contributed by atoms with Crippen molar-refractivity contribution < 1.29 is 24.6 Å². The molecule has 1 atom stereocenters. The van der Waals surface area contributed by atoms with Crippen molar-refractivity contribution in [2.45, 2.75) is 31.8 Å². The van der Waals surface area contributed by atoms with Gasteiger partial charge in [-0.2, -0.15) is 0 Å². The van der Waals surface area contributed by atoms with E-state index in [-0.39, 0.29) is 11.9 Å². The standard InChI is InChI=1S/C11H19N3O5/c1-7(16)12-8-2-4-14(5-3-8)11(19)13-9(6-15)10(17)18/h8-9,15H,2-6H2,1H3,(H,12,16)(H,13,19)(H,17,18). The molecule has 1 rings (SSSR count). The molecule has 0 aromatic heterocycles. The number of aliphatic carboxylic acids is 1. The monoisotopic (exact) mass is 273 g/mol. The van der Waals surface area contributed by atoms with Gasteiger partial charge in [0.2, 0.25) is 5.91 Å². The van der Waals surface area contributed by atoms with Gasteiger partial charge in [0.05, 0.1) is 6.61 Å². The average Bonchev–Trinajstić information content (AvgIpc) is 2.35. The van der Waals surface area contributed by atoms with Crippen molar-refractivity contribution in [1.82, 2.24) is 15.5 Å². The van der Waals surface area contributed by atoms with Gasteiger partial charge in [-0.15, -0.1) is 0 Å². The third-order valence-corrected chi connectivity index (χ3v) is 2.97. The maximum absolute atomic E-state index is 11.8. The van der Waals surface area contributed by atoms with Gasteiger partial charge in [0, 0.05) is 26.1 Å². The number of nitrogens with one attached hydrogen (secondary N) is 2. The smallest absolute Gasteiger partial charge is 0.328 e. The molecule has 0 aromatic carbocycles. The first-order valence-corrected chi connectivity index (χ1v) is 6.10. The zero-order valence-electron chi connectivity index (χ0n) is 10.8. The SMILES string of the molecule is CC(=O)NC1CCN(C(=O)NC(CO)C(=O)O)CC1. The molecule has 1 fully saturated rings. The summed E-state index contributed by atoms with van der Waals surface area (Å²) in [5.41, 5.74) is 0. The van der Waals surface area contributed by atoms with Crippen LogP contribution in [0.3, 0.4) is 0 Å². The van der Waals surface area contributed by atoms with Crippen LogP contribution in [0.1, 0.15) is 19.8 Å². The lowest BCUT2D eigenvalue weighted by atomic mass is 10.1. The van der Waals surface area contributed by atoms with Crippen molar-refractivity contribution in [1.29, 1.82) is 0 Å². The van der Waals surface area contributed by atoms with Gasteiger partial charge in [-0.1, -0.05) is 0 Å². The molecule has 4 N–H and O–H groups in total. The molecule has 0 bridgehead atoms. The molecule has 108 valence electrons. The number of piperidine rings is 1. The van der Waals surface area contributed by atoms with E-state index in [1.54, 1.807) is 0 Å². The van der Waals surface area contributed by atoms with Gasteiger partial charge in [0.25, 0.3) is 0 Å². The van der Waals surface area contributed by atoms with Crippen LogP contribution < -0.4 is 10.6 Å².